The number of alkyl halides is 2. The van der Waals surface area contributed by atoms with E-state index in [-0.39, 0.29) is 6.42 Å². The Balaban J connectivity index is 3.21. The minimum Gasteiger partial charge on any atom is -0.396 e. The van der Waals surface area contributed by atoms with Gasteiger partial charge in [0.25, 0.3) is 11.6 Å². The van der Waals surface area contributed by atoms with Crippen molar-refractivity contribution in [2.45, 2.75) is 19.3 Å². The number of hydrogen-bond acceptors (Lipinski definition) is 4. The first-order chi connectivity index (χ1) is 9.18. The SMILES string of the molecule is CC(F)(F)C(=O)Nc1ccc([N+](=O)[O-])c(CCO)c1F. The van der Waals surface area contributed by atoms with Crippen LogP contribution < -0.4 is 5.32 Å². The first-order valence-corrected chi connectivity index (χ1v) is 5.44. The maximum absolute atomic E-state index is 14.0. The molecule has 0 aliphatic heterocycles. The number of anilines is 1. The number of nitro groups is 1. The van der Waals surface area contributed by atoms with Crippen molar-refractivity contribution < 1.29 is 28.0 Å². The molecule has 9 heteroatoms. The van der Waals surface area contributed by atoms with Gasteiger partial charge in [-0.1, -0.05) is 0 Å². The third-order valence-electron chi connectivity index (χ3n) is 2.42. The van der Waals surface area contributed by atoms with Crippen LogP contribution >= 0.6 is 0 Å². The normalized spacial score (nSPS) is 11.2. The molecule has 2 N–H and O–H groups in total. The maximum Gasteiger partial charge on any atom is 0.322 e. The summed E-state index contributed by atoms with van der Waals surface area (Å²) in [6, 6.07) is 1.69. The van der Waals surface area contributed by atoms with E-state index in [0.29, 0.717) is 6.92 Å². The Morgan fingerprint density at radius 1 is 1.50 bits per heavy atom. The van der Waals surface area contributed by atoms with Gasteiger partial charge in [0, 0.05) is 26.0 Å². The fraction of sp³-hybridized carbons (Fsp3) is 0.364. The molecule has 1 rings (SSSR count). The van der Waals surface area contributed by atoms with Gasteiger partial charge in [0.15, 0.2) is 5.82 Å². The number of hydrogen-bond donors (Lipinski definition) is 2. The van der Waals surface area contributed by atoms with Crippen LogP contribution in [0.5, 0.6) is 0 Å². The molecule has 0 aliphatic rings. The highest BCUT2D eigenvalue weighted by Gasteiger charge is 2.33. The number of nitrogens with one attached hydrogen (secondary N) is 1. The van der Waals surface area contributed by atoms with Crippen LogP contribution in [-0.4, -0.2) is 28.5 Å². The summed E-state index contributed by atoms with van der Waals surface area (Å²) >= 11 is 0. The second-order valence-corrected chi connectivity index (χ2v) is 4.00. The van der Waals surface area contributed by atoms with E-state index < -0.39 is 46.1 Å². The van der Waals surface area contributed by atoms with Crippen LogP contribution in [0, 0.1) is 15.9 Å². The van der Waals surface area contributed by atoms with E-state index in [4.69, 9.17) is 5.11 Å². The van der Waals surface area contributed by atoms with Gasteiger partial charge < -0.3 is 10.4 Å². The topological polar surface area (TPSA) is 92.5 Å². The first-order valence-electron chi connectivity index (χ1n) is 5.44. The van der Waals surface area contributed by atoms with Crippen molar-refractivity contribution in [1.29, 1.82) is 0 Å². The molecule has 0 atom stereocenters. The van der Waals surface area contributed by atoms with Gasteiger partial charge in [-0.25, -0.2) is 4.39 Å². The summed E-state index contributed by atoms with van der Waals surface area (Å²) < 4.78 is 39.4. The molecule has 0 heterocycles. The molecular weight excluding hydrogens is 281 g/mol. The summed E-state index contributed by atoms with van der Waals surface area (Å²) in [4.78, 5) is 20.9. The molecule has 110 valence electrons. The van der Waals surface area contributed by atoms with Crippen molar-refractivity contribution >= 4 is 17.3 Å². The zero-order valence-corrected chi connectivity index (χ0v) is 10.3. The third-order valence-corrected chi connectivity index (χ3v) is 2.42. The lowest BCUT2D eigenvalue weighted by Crippen LogP contribution is -2.31. The quantitative estimate of drug-likeness (QED) is 0.640. The predicted molar refractivity (Wildman–Crippen MR) is 63.1 cm³/mol. The molecular formula is C11H11F3N2O4. The van der Waals surface area contributed by atoms with Gasteiger partial charge in [0.05, 0.1) is 16.2 Å². The molecule has 0 saturated carbocycles. The minimum atomic E-state index is -3.72. The Morgan fingerprint density at radius 3 is 2.55 bits per heavy atom. The first kappa shape index (κ1) is 15.9. The Labute approximate surface area is 111 Å². The van der Waals surface area contributed by atoms with E-state index in [2.05, 4.69) is 0 Å². The Morgan fingerprint density at radius 2 is 2.10 bits per heavy atom. The van der Waals surface area contributed by atoms with E-state index in [9.17, 15) is 28.1 Å². The average Bonchev–Trinajstić information content (AvgIpc) is 2.32. The maximum atomic E-state index is 14.0. The molecule has 0 aromatic heterocycles. The van der Waals surface area contributed by atoms with Gasteiger partial charge in [-0.05, 0) is 6.07 Å². The van der Waals surface area contributed by atoms with Crippen LogP contribution in [-0.2, 0) is 11.2 Å². The van der Waals surface area contributed by atoms with Crippen molar-refractivity contribution in [1.82, 2.24) is 0 Å². The zero-order valence-electron chi connectivity index (χ0n) is 10.3. The molecule has 0 radical (unpaired) electrons. The standard InChI is InChI=1S/C11H11F3N2O4/c1-11(13,14)10(18)15-7-2-3-8(16(19)20)6(4-5-17)9(7)12/h2-3,17H,4-5H2,1H3,(H,15,18). The zero-order chi connectivity index (χ0) is 15.5. The molecule has 0 unspecified atom stereocenters. The lowest BCUT2D eigenvalue weighted by atomic mass is 10.1. The average molecular weight is 292 g/mol. The van der Waals surface area contributed by atoms with Crippen molar-refractivity contribution in [2.75, 3.05) is 11.9 Å². The monoisotopic (exact) mass is 292 g/mol. The van der Waals surface area contributed by atoms with Crippen molar-refractivity contribution in [3.05, 3.63) is 33.6 Å². The second-order valence-electron chi connectivity index (χ2n) is 4.00. The van der Waals surface area contributed by atoms with Crippen LogP contribution in [0.25, 0.3) is 0 Å². The predicted octanol–water partition coefficient (Wildman–Crippen LogP) is 1.86. The van der Waals surface area contributed by atoms with Crippen molar-refractivity contribution in [3.63, 3.8) is 0 Å². The minimum absolute atomic E-state index is 0.334. The number of nitrogens with zero attached hydrogens (tertiary/aromatic N) is 1. The third kappa shape index (κ3) is 3.44. The van der Waals surface area contributed by atoms with Crippen LogP contribution in [0.3, 0.4) is 0 Å². The van der Waals surface area contributed by atoms with Crippen LogP contribution in [0.4, 0.5) is 24.5 Å². The number of aliphatic hydroxyl groups is 1. The largest absolute Gasteiger partial charge is 0.396 e. The molecule has 1 amide bonds. The van der Waals surface area contributed by atoms with Crippen LogP contribution in [0.15, 0.2) is 12.1 Å². The van der Waals surface area contributed by atoms with E-state index in [1.165, 1.54) is 0 Å². The molecule has 6 nitrogen and oxygen atoms in total. The Kier molecular flexibility index (Phi) is 4.66. The van der Waals surface area contributed by atoms with Gasteiger partial charge in [0.2, 0.25) is 0 Å². The lowest BCUT2D eigenvalue weighted by Gasteiger charge is -2.13. The molecule has 0 spiro atoms. The van der Waals surface area contributed by atoms with Crippen molar-refractivity contribution in [2.24, 2.45) is 0 Å². The molecule has 1 aromatic rings. The fourth-order valence-electron chi connectivity index (χ4n) is 1.46. The number of amides is 1. The number of carbonyl (C=O) groups is 1. The number of benzene rings is 1. The molecule has 1 aromatic carbocycles. The Bertz CT molecular complexity index is 543. The van der Waals surface area contributed by atoms with Crippen LogP contribution in [0.1, 0.15) is 12.5 Å². The summed E-state index contributed by atoms with van der Waals surface area (Å²) in [5.74, 6) is -6.67. The highest BCUT2D eigenvalue weighted by Crippen LogP contribution is 2.28. The van der Waals surface area contributed by atoms with Gasteiger partial charge in [0.1, 0.15) is 0 Å². The van der Waals surface area contributed by atoms with Crippen LogP contribution in [0.2, 0.25) is 0 Å². The highest BCUT2D eigenvalue weighted by atomic mass is 19.3. The number of halogens is 3. The number of nitro benzene ring substituents is 1. The summed E-state index contributed by atoms with van der Waals surface area (Å²) in [6.07, 6.45) is -0.381. The molecule has 20 heavy (non-hydrogen) atoms. The van der Waals surface area contributed by atoms with E-state index >= 15 is 0 Å². The van der Waals surface area contributed by atoms with Gasteiger partial charge in [-0.3, -0.25) is 14.9 Å². The van der Waals surface area contributed by atoms with Crippen molar-refractivity contribution in [3.8, 4) is 0 Å². The fourth-order valence-corrected chi connectivity index (χ4v) is 1.46. The van der Waals surface area contributed by atoms with E-state index in [1.807, 2.05) is 0 Å². The van der Waals surface area contributed by atoms with E-state index in [0.717, 1.165) is 12.1 Å². The van der Waals surface area contributed by atoms with Gasteiger partial charge in [-0.15, -0.1) is 0 Å². The number of aliphatic hydroxyl groups excluding tert-OH is 1. The summed E-state index contributed by atoms with van der Waals surface area (Å²) in [5.41, 5.74) is -1.67. The van der Waals surface area contributed by atoms with Gasteiger partial charge >= 0.3 is 5.92 Å². The second kappa shape index (κ2) is 5.87. The highest BCUT2D eigenvalue weighted by molar-refractivity contribution is 5.96. The molecule has 0 fully saturated rings. The van der Waals surface area contributed by atoms with Gasteiger partial charge in [-0.2, -0.15) is 8.78 Å². The number of carbonyl (C=O) groups excluding carboxylic acids is 1. The number of rotatable bonds is 5. The summed E-state index contributed by atoms with van der Waals surface area (Å²) in [5, 5.41) is 21.1. The molecule has 0 bridgehead atoms. The summed E-state index contributed by atoms with van der Waals surface area (Å²) in [7, 11) is 0. The summed E-state index contributed by atoms with van der Waals surface area (Å²) in [6.45, 7) is -0.237. The van der Waals surface area contributed by atoms with E-state index in [1.54, 1.807) is 5.32 Å². The molecule has 0 aliphatic carbocycles. The molecule has 0 saturated heterocycles. The lowest BCUT2D eigenvalue weighted by molar-refractivity contribution is -0.385. The Hall–Kier alpha value is -2.16. The smallest absolute Gasteiger partial charge is 0.322 e.